The van der Waals surface area contributed by atoms with Crippen molar-refractivity contribution >= 4 is 10.1 Å². The predicted molar refractivity (Wildman–Crippen MR) is 29.7 cm³/mol. The lowest BCUT2D eigenvalue weighted by atomic mass is 10.7. The molecule has 0 saturated heterocycles. The first-order chi connectivity index (χ1) is 3.56. The van der Waals surface area contributed by atoms with Crippen LogP contribution in [0, 0.1) is 0 Å². The van der Waals surface area contributed by atoms with E-state index in [0.29, 0.717) is 5.41 Å². The molecule has 0 amide bonds. The monoisotopic (exact) mass is 137 g/mol. The summed E-state index contributed by atoms with van der Waals surface area (Å²) < 4.78 is 27.6. The third-order valence-corrected chi connectivity index (χ3v) is 0.941. The fourth-order valence-electron chi connectivity index (χ4n) is 0.177. The van der Waals surface area contributed by atoms with Crippen LogP contribution in [0.3, 0.4) is 0 Å². The van der Waals surface area contributed by atoms with Crippen LogP contribution in [0.5, 0.6) is 0 Å². The highest BCUT2D eigenvalue weighted by molar-refractivity contribution is 7.88. The molecule has 48 valence electrons. The van der Waals surface area contributed by atoms with E-state index in [1.165, 1.54) is 0 Å². The maximum absolute atomic E-state index is 9.80. The predicted octanol–water partition coefficient (Wildman–Crippen LogP) is -0.653. The van der Waals surface area contributed by atoms with Gasteiger partial charge in [-0.3, -0.25) is 4.55 Å². The first-order valence-corrected chi connectivity index (χ1v) is 3.40. The van der Waals surface area contributed by atoms with Crippen LogP contribution >= 0.6 is 0 Å². The zero-order valence-electron chi connectivity index (χ0n) is 4.11. The number of nitrogens with two attached hydrogens (primary N) is 1. The Kier molecular flexibility index (Phi) is 2.67. The van der Waals surface area contributed by atoms with Crippen molar-refractivity contribution in [2.24, 2.45) is 5.73 Å². The van der Waals surface area contributed by atoms with Gasteiger partial charge in [0.2, 0.25) is 0 Å². The van der Waals surface area contributed by atoms with Crippen molar-refractivity contribution in [3.8, 4) is 0 Å². The van der Waals surface area contributed by atoms with Gasteiger partial charge in [0.25, 0.3) is 10.1 Å². The lowest BCUT2D eigenvalue weighted by molar-refractivity contribution is 0.494. The summed E-state index contributed by atoms with van der Waals surface area (Å²) in [5, 5.41) is 0.646. The van der Waals surface area contributed by atoms with Gasteiger partial charge in [0, 0.05) is 6.54 Å². The van der Waals surface area contributed by atoms with Crippen LogP contribution < -0.4 is 5.73 Å². The van der Waals surface area contributed by atoms with Crippen molar-refractivity contribution in [1.82, 2.24) is 0 Å². The van der Waals surface area contributed by atoms with Gasteiger partial charge < -0.3 is 5.73 Å². The van der Waals surface area contributed by atoms with E-state index < -0.39 is 10.1 Å². The van der Waals surface area contributed by atoms with Gasteiger partial charge in [0.15, 0.2) is 0 Å². The average molecular weight is 137 g/mol. The van der Waals surface area contributed by atoms with Gasteiger partial charge >= 0.3 is 0 Å². The van der Waals surface area contributed by atoms with E-state index in [2.05, 4.69) is 0 Å². The molecule has 0 aromatic carbocycles. The summed E-state index contributed by atoms with van der Waals surface area (Å²) in [6, 6.07) is 0. The second kappa shape index (κ2) is 2.81. The quantitative estimate of drug-likeness (QED) is 0.495. The zero-order chi connectivity index (χ0) is 6.62. The van der Waals surface area contributed by atoms with E-state index in [-0.39, 0.29) is 6.54 Å². The summed E-state index contributed by atoms with van der Waals surface area (Å²) in [4.78, 5) is 0. The first-order valence-electron chi connectivity index (χ1n) is 1.90. The van der Waals surface area contributed by atoms with Crippen molar-refractivity contribution in [2.75, 3.05) is 6.54 Å². The van der Waals surface area contributed by atoms with Gasteiger partial charge in [-0.1, -0.05) is 6.08 Å². The molecule has 0 saturated carbocycles. The normalized spacial score (nSPS) is 12.8. The van der Waals surface area contributed by atoms with Gasteiger partial charge in [-0.05, 0) is 0 Å². The molecule has 0 fully saturated rings. The van der Waals surface area contributed by atoms with Crippen LogP contribution in [-0.2, 0) is 10.1 Å². The SMILES string of the molecule is NC/C=C\S(=O)(=O)O. The van der Waals surface area contributed by atoms with Gasteiger partial charge in [-0.2, -0.15) is 8.42 Å². The minimum atomic E-state index is -3.95. The Balaban J connectivity index is 3.92. The number of hydrogen-bond acceptors (Lipinski definition) is 3. The minimum Gasteiger partial charge on any atom is -0.327 e. The van der Waals surface area contributed by atoms with Crippen LogP contribution in [0.15, 0.2) is 11.5 Å². The Labute approximate surface area is 47.7 Å². The zero-order valence-corrected chi connectivity index (χ0v) is 4.93. The highest BCUT2D eigenvalue weighted by Gasteiger charge is 1.91. The number of hydrogen-bond donors (Lipinski definition) is 2. The molecule has 0 bridgehead atoms. The van der Waals surface area contributed by atoms with E-state index in [1.54, 1.807) is 0 Å². The molecule has 0 aromatic heterocycles. The Morgan fingerprint density at radius 3 is 2.25 bits per heavy atom. The number of rotatable bonds is 2. The smallest absolute Gasteiger partial charge is 0.287 e. The molecule has 4 nitrogen and oxygen atoms in total. The molecule has 0 aliphatic heterocycles. The largest absolute Gasteiger partial charge is 0.327 e. The first kappa shape index (κ1) is 7.61. The molecule has 0 aromatic rings. The van der Waals surface area contributed by atoms with Crippen molar-refractivity contribution in [1.29, 1.82) is 0 Å². The average Bonchev–Trinajstić information content (AvgIpc) is 1.59. The Bertz CT molecular complexity index is 169. The highest BCUT2D eigenvalue weighted by atomic mass is 32.2. The summed E-state index contributed by atoms with van der Waals surface area (Å²) in [7, 11) is -3.95. The molecular formula is C3H7NO3S. The fraction of sp³-hybridized carbons (Fsp3) is 0.333. The van der Waals surface area contributed by atoms with Crippen molar-refractivity contribution in [3.63, 3.8) is 0 Å². The van der Waals surface area contributed by atoms with Gasteiger partial charge in [-0.15, -0.1) is 0 Å². The maximum Gasteiger partial charge on any atom is 0.287 e. The molecule has 8 heavy (non-hydrogen) atoms. The Hall–Kier alpha value is -0.390. The molecule has 0 spiro atoms. The minimum absolute atomic E-state index is 0.111. The molecule has 0 radical (unpaired) electrons. The lowest BCUT2D eigenvalue weighted by Crippen LogP contribution is -1.96. The van der Waals surface area contributed by atoms with E-state index in [9.17, 15) is 8.42 Å². The second-order valence-electron chi connectivity index (χ2n) is 1.12. The van der Waals surface area contributed by atoms with Crippen LogP contribution in [0.1, 0.15) is 0 Å². The van der Waals surface area contributed by atoms with Crippen molar-refractivity contribution in [3.05, 3.63) is 11.5 Å². The molecular weight excluding hydrogens is 130 g/mol. The molecule has 5 heteroatoms. The second-order valence-corrected chi connectivity index (χ2v) is 2.42. The molecule has 0 atom stereocenters. The maximum atomic E-state index is 9.80. The van der Waals surface area contributed by atoms with Crippen LogP contribution in [0.2, 0.25) is 0 Å². The highest BCUT2D eigenvalue weighted by Crippen LogP contribution is 1.80. The van der Waals surface area contributed by atoms with Gasteiger partial charge in [0.05, 0.1) is 5.41 Å². The summed E-state index contributed by atoms with van der Waals surface area (Å²) in [6.45, 7) is 0.111. The summed E-state index contributed by atoms with van der Waals surface area (Å²) in [6.07, 6.45) is 1.15. The van der Waals surface area contributed by atoms with Gasteiger partial charge in [0.1, 0.15) is 0 Å². The Morgan fingerprint density at radius 2 is 2.12 bits per heavy atom. The Morgan fingerprint density at radius 1 is 1.62 bits per heavy atom. The standard InChI is InChI=1S/C3H7NO3S/c4-2-1-3-8(5,6)7/h1,3H,2,4H2,(H,5,6,7)/b3-1-. The van der Waals surface area contributed by atoms with E-state index in [4.69, 9.17) is 10.3 Å². The molecule has 0 aliphatic rings. The van der Waals surface area contributed by atoms with Crippen molar-refractivity contribution in [2.45, 2.75) is 0 Å². The molecule has 0 rings (SSSR count). The third-order valence-electron chi connectivity index (χ3n) is 0.404. The summed E-state index contributed by atoms with van der Waals surface area (Å²) >= 11 is 0. The van der Waals surface area contributed by atoms with Crippen LogP contribution in [0.4, 0.5) is 0 Å². The molecule has 0 heterocycles. The summed E-state index contributed by atoms with van der Waals surface area (Å²) in [5.74, 6) is 0. The van der Waals surface area contributed by atoms with E-state index in [1.807, 2.05) is 0 Å². The topological polar surface area (TPSA) is 80.4 Å². The third kappa shape index (κ3) is 5.61. The van der Waals surface area contributed by atoms with E-state index >= 15 is 0 Å². The molecule has 0 aliphatic carbocycles. The van der Waals surface area contributed by atoms with Crippen molar-refractivity contribution < 1.29 is 13.0 Å². The van der Waals surface area contributed by atoms with Crippen LogP contribution in [-0.4, -0.2) is 19.5 Å². The molecule has 0 unspecified atom stereocenters. The van der Waals surface area contributed by atoms with Gasteiger partial charge in [-0.25, -0.2) is 0 Å². The fourth-order valence-corrected chi connectivity index (χ4v) is 0.531. The van der Waals surface area contributed by atoms with E-state index in [0.717, 1.165) is 6.08 Å². The van der Waals surface area contributed by atoms with Crippen LogP contribution in [0.25, 0.3) is 0 Å². The lowest BCUT2D eigenvalue weighted by Gasteiger charge is -1.79. The molecule has 3 N–H and O–H groups in total. The summed E-state index contributed by atoms with van der Waals surface area (Å²) in [5.41, 5.74) is 4.87.